The lowest BCUT2D eigenvalue weighted by Gasteiger charge is -2.59. The molecule has 5 rings (SSSR count). The Morgan fingerprint density at radius 2 is 1.67 bits per heavy atom. The van der Waals surface area contributed by atoms with E-state index in [4.69, 9.17) is 9.47 Å². The van der Waals surface area contributed by atoms with E-state index in [0.717, 1.165) is 24.2 Å². The van der Waals surface area contributed by atoms with Crippen LogP contribution in [-0.2, 0) is 10.0 Å². The zero-order valence-corrected chi connectivity index (χ0v) is 17.3. The molecule has 1 atom stereocenters. The summed E-state index contributed by atoms with van der Waals surface area (Å²) in [6.45, 7) is 2.11. The van der Waals surface area contributed by atoms with Crippen molar-refractivity contribution in [3.63, 3.8) is 0 Å². The summed E-state index contributed by atoms with van der Waals surface area (Å²) in [6, 6.07) is 4.90. The van der Waals surface area contributed by atoms with E-state index < -0.39 is 10.0 Å². The first kappa shape index (κ1) is 19.1. The molecule has 1 aromatic carbocycles. The molecule has 0 heterocycles. The van der Waals surface area contributed by atoms with Crippen LogP contribution in [0.1, 0.15) is 51.9 Å². The Balaban J connectivity index is 1.64. The van der Waals surface area contributed by atoms with Crippen LogP contribution in [0.2, 0.25) is 0 Å². The predicted octanol–water partition coefficient (Wildman–Crippen LogP) is 3.98. The van der Waals surface area contributed by atoms with E-state index in [0.29, 0.717) is 11.5 Å². The molecule has 4 saturated carbocycles. The molecule has 4 aliphatic rings. The lowest BCUT2D eigenvalue weighted by atomic mass is 9.47. The van der Waals surface area contributed by atoms with E-state index in [1.807, 2.05) is 0 Å². The Morgan fingerprint density at radius 3 is 2.15 bits per heavy atom. The maximum atomic E-state index is 13.3. The number of hydrogen-bond acceptors (Lipinski definition) is 4. The molecule has 1 N–H and O–H groups in total. The fraction of sp³-hybridized carbons (Fsp3) is 0.714. The number of hydrogen-bond donors (Lipinski definition) is 1. The molecule has 27 heavy (non-hydrogen) atoms. The number of methoxy groups -OCH3 is 2. The molecule has 6 heteroatoms. The van der Waals surface area contributed by atoms with Gasteiger partial charge < -0.3 is 9.47 Å². The molecule has 0 saturated heterocycles. The van der Waals surface area contributed by atoms with Gasteiger partial charge in [0.15, 0.2) is 0 Å². The number of benzene rings is 1. The lowest BCUT2D eigenvalue weighted by Crippen LogP contribution is -2.56. The Morgan fingerprint density at radius 1 is 1.07 bits per heavy atom. The van der Waals surface area contributed by atoms with Gasteiger partial charge >= 0.3 is 0 Å². The monoisotopic (exact) mass is 393 g/mol. The Bertz CT molecular complexity index is 769. The summed E-state index contributed by atoms with van der Waals surface area (Å²) < 4.78 is 40.2. The molecule has 1 aromatic rings. The maximum absolute atomic E-state index is 13.3. The molecule has 5 nitrogen and oxygen atoms in total. The minimum absolute atomic E-state index is 0.0215. The quantitative estimate of drug-likeness (QED) is 0.761. The van der Waals surface area contributed by atoms with Gasteiger partial charge in [-0.25, -0.2) is 13.1 Å². The van der Waals surface area contributed by atoms with Crippen LogP contribution in [0.4, 0.5) is 0 Å². The molecular formula is C21H31NO4S. The molecule has 0 amide bonds. The normalized spacial score (nSPS) is 33.1. The van der Waals surface area contributed by atoms with Gasteiger partial charge in [-0.3, -0.25) is 0 Å². The van der Waals surface area contributed by atoms with Crippen molar-refractivity contribution < 1.29 is 17.9 Å². The summed E-state index contributed by atoms with van der Waals surface area (Å²) in [5.74, 6) is 3.24. The van der Waals surface area contributed by atoms with Crippen LogP contribution < -0.4 is 14.2 Å². The van der Waals surface area contributed by atoms with Gasteiger partial charge in [-0.15, -0.1) is 0 Å². The lowest BCUT2D eigenvalue weighted by molar-refractivity contribution is -0.0704. The average Bonchev–Trinajstić information content (AvgIpc) is 2.64. The summed E-state index contributed by atoms with van der Waals surface area (Å²) in [5.41, 5.74) is 0.128. The third-order valence-electron chi connectivity index (χ3n) is 7.19. The minimum atomic E-state index is -3.70. The highest BCUT2D eigenvalue weighted by molar-refractivity contribution is 7.89. The summed E-state index contributed by atoms with van der Waals surface area (Å²) in [4.78, 5) is 0.160. The standard InChI is InChI=1S/C21H31NO4S/c1-4-20(21-11-14-7-15(12-21)9-16(8-14)13-21)22-27(23,24)19-10-17(25-2)5-6-18(19)26-3/h5-6,10,14-16,20,22H,4,7-9,11-13H2,1-3H3. The van der Waals surface area contributed by atoms with Gasteiger partial charge in [-0.2, -0.15) is 0 Å². The Labute approximate surface area is 162 Å². The molecular weight excluding hydrogens is 362 g/mol. The first-order valence-corrected chi connectivity index (χ1v) is 11.6. The van der Waals surface area contributed by atoms with Crippen LogP contribution in [0.3, 0.4) is 0 Å². The van der Waals surface area contributed by atoms with E-state index in [2.05, 4.69) is 11.6 Å². The Hall–Kier alpha value is -1.27. The van der Waals surface area contributed by atoms with Gasteiger partial charge in [0, 0.05) is 12.1 Å². The molecule has 0 aromatic heterocycles. The largest absolute Gasteiger partial charge is 0.497 e. The third-order valence-corrected chi connectivity index (χ3v) is 8.68. The van der Waals surface area contributed by atoms with Gasteiger partial charge in [0.2, 0.25) is 10.0 Å². The third kappa shape index (κ3) is 3.35. The molecule has 4 aliphatic carbocycles. The number of rotatable bonds is 7. The summed E-state index contributed by atoms with van der Waals surface area (Å²) in [5, 5.41) is 0. The second kappa shape index (κ2) is 6.96. The minimum Gasteiger partial charge on any atom is -0.497 e. The van der Waals surface area contributed by atoms with E-state index in [1.165, 1.54) is 52.7 Å². The maximum Gasteiger partial charge on any atom is 0.244 e. The van der Waals surface area contributed by atoms with Crippen LogP contribution in [0.5, 0.6) is 11.5 Å². The van der Waals surface area contributed by atoms with E-state index in [9.17, 15) is 8.42 Å². The summed E-state index contributed by atoms with van der Waals surface area (Å²) >= 11 is 0. The number of sulfonamides is 1. The van der Waals surface area contributed by atoms with Crippen LogP contribution in [0.15, 0.2) is 23.1 Å². The van der Waals surface area contributed by atoms with Crippen molar-refractivity contribution in [3.05, 3.63) is 18.2 Å². The molecule has 0 spiro atoms. The average molecular weight is 394 g/mol. The second-order valence-electron chi connectivity index (χ2n) is 8.88. The van der Waals surface area contributed by atoms with Gasteiger partial charge in [0.1, 0.15) is 16.4 Å². The van der Waals surface area contributed by atoms with Crippen LogP contribution in [-0.4, -0.2) is 28.7 Å². The predicted molar refractivity (Wildman–Crippen MR) is 105 cm³/mol. The van der Waals surface area contributed by atoms with E-state index in [1.54, 1.807) is 18.2 Å². The fourth-order valence-electron chi connectivity index (χ4n) is 6.49. The fourth-order valence-corrected chi connectivity index (χ4v) is 8.10. The number of nitrogens with one attached hydrogen (secondary N) is 1. The van der Waals surface area contributed by atoms with Crippen molar-refractivity contribution in [2.24, 2.45) is 23.2 Å². The summed E-state index contributed by atoms with van der Waals surface area (Å²) in [7, 11) is -0.661. The highest BCUT2D eigenvalue weighted by atomic mass is 32.2. The van der Waals surface area contributed by atoms with Crippen molar-refractivity contribution >= 4 is 10.0 Å². The van der Waals surface area contributed by atoms with Gasteiger partial charge in [0.05, 0.1) is 14.2 Å². The van der Waals surface area contributed by atoms with Crippen molar-refractivity contribution in [1.29, 1.82) is 0 Å². The first-order valence-electron chi connectivity index (χ1n) is 10.1. The topological polar surface area (TPSA) is 64.6 Å². The molecule has 1 unspecified atom stereocenters. The van der Waals surface area contributed by atoms with Crippen molar-refractivity contribution in [1.82, 2.24) is 4.72 Å². The second-order valence-corrected chi connectivity index (χ2v) is 10.6. The first-order chi connectivity index (χ1) is 12.9. The molecule has 4 fully saturated rings. The molecule has 150 valence electrons. The highest BCUT2D eigenvalue weighted by Gasteiger charge is 2.54. The van der Waals surface area contributed by atoms with Crippen LogP contribution >= 0.6 is 0 Å². The van der Waals surface area contributed by atoms with Gasteiger partial charge in [-0.1, -0.05) is 6.92 Å². The zero-order valence-electron chi connectivity index (χ0n) is 16.5. The number of ether oxygens (including phenoxy) is 2. The zero-order chi connectivity index (χ0) is 19.2. The Kier molecular flexibility index (Phi) is 4.91. The van der Waals surface area contributed by atoms with Crippen molar-refractivity contribution in [2.45, 2.75) is 62.8 Å². The van der Waals surface area contributed by atoms with E-state index >= 15 is 0 Å². The molecule has 0 aliphatic heterocycles. The van der Waals surface area contributed by atoms with Gasteiger partial charge in [0.25, 0.3) is 0 Å². The molecule has 0 radical (unpaired) electrons. The summed E-state index contributed by atoms with van der Waals surface area (Å²) in [6.07, 6.45) is 8.40. The smallest absolute Gasteiger partial charge is 0.244 e. The van der Waals surface area contributed by atoms with Crippen LogP contribution in [0.25, 0.3) is 0 Å². The van der Waals surface area contributed by atoms with Crippen molar-refractivity contribution in [2.75, 3.05) is 14.2 Å². The van der Waals surface area contributed by atoms with E-state index in [-0.39, 0.29) is 16.4 Å². The van der Waals surface area contributed by atoms with Crippen LogP contribution in [0, 0.1) is 23.2 Å². The van der Waals surface area contributed by atoms with Gasteiger partial charge in [-0.05, 0) is 80.2 Å². The molecule has 4 bridgehead atoms. The van der Waals surface area contributed by atoms with Crippen molar-refractivity contribution in [3.8, 4) is 11.5 Å². The highest BCUT2D eigenvalue weighted by Crippen LogP contribution is 2.61. The SMILES string of the molecule is CCC(NS(=O)(=O)c1cc(OC)ccc1OC)C12CC3CC(CC(C3)C1)C2.